The molecule has 0 radical (unpaired) electrons. The Morgan fingerprint density at radius 2 is 2.16 bits per heavy atom. The number of likely N-dealkylation sites (tertiary alicyclic amines) is 1. The first-order valence-corrected chi connectivity index (χ1v) is 6.80. The number of epoxide rings is 1. The minimum atomic E-state index is -0.748. The van der Waals surface area contributed by atoms with Crippen LogP contribution in [-0.2, 0) is 9.47 Å². The fraction of sp³-hybridized carbons (Fsp3) is 0.786. The van der Waals surface area contributed by atoms with Crippen molar-refractivity contribution in [3.63, 3.8) is 0 Å². The Kier molecular flexibility index (Phi) is 2.70. The van der Waals surface area contributed by atoms with Crippen LogP contribution in [0.15, 0.2) is 12.2 Å². The Labute approximate surface area is 113 Å². The van der Waals surface area contributed by atoms with Crippen molar-refractivity contribution in [2.24, 2.45) is 5.92 Å². The number of carbonyl (C=O) groups excluding carboxylic acids is 1. The molecule has 0 aromatic heterocycles. The van der Waals surface area contributed by atoms with E-state index in [0.717, 1.165) is 18.4 Å². The van der Waals surface area contributed by atoms with Gasteiger partial charge in [0.05, 0.1) is 6.04 Å². The number of rotatable bonds is 1. The van der Waals surface area contributed by atoms with Crippen LogP contribution in [0.25, 0.3) is 0 Å². The molecule has 3 aliphatic rings. The van der Waals surface area contributed by atoms with Crippen molar-refractivity contribution in [1.82, 2.24) is 4.90 Å². The molecule has 5 atom stereocenters. The molecule has 0 spiro atoms. The molecule has 19 heavy (non-hydrogen) atoms. The zero-order valence-corrected chi connectivity index (χ0v) is 11.6. The van der Waals surface area contributed by atoms with Crippen LogP contribution in [0.4, 0.5) is 4.79 Å². The molecule has 2 bridgehead atoms. The van der Waals surface area contributed by atoms with E-state index in [-0.39, 0.29) is 30.2 Å². The van der Waals surface area contributed by atoms with E-state index in [1.807, 2.05) is 20.8 Å². The van der Waals surface area contributed by atoms with E-state index >= 15 is 0 Å². The summed E-state index contributed by atoms with van der Waals surface area (Å²) < 4.78 is 10.7. The summed E-state index contributed by atoms with van der Waals surface area (Å²) in [7, 11) is 0. The molecule has 3 fully saturated rings. The van der Waals surface area contributed by atoms with E-state index in [2.05, 4.69) is 6.58 Å². The van der Waals surface area contributed by atoms with Gasteiger partial charge in [-0.2, -0.15) is 0 Å². The molecule has 0 aromatic rings. The lowest BCUT2D eigenvalue weighted by Gasteiger charge is -2.36. The average Bonchev–Trinajstić information content (AvgIpc) is 2.69. The summed E-state index contributed by atoms with van der Waals surface area (Å²) in [6.45, 7) is 9.65. The maximum absolute atomic E-state index is 12.3. The molecule has 1 unspecified atom stereocenters. The van der Waals surface area contributed by atoms with Gasteiger partial charge in [-0.15, -0.1) is 0 Å². The summed E-state index contributed by atoms with van der Waals surface area (Å²) in [6.07, 6.45) is 0.417. The third-order valence-corrected chi connectivity index (χ3v) is 4.12. The van der Waals surface area contributed by atoms with Gasteiger partial charge >= 0.3 is 6.09 Å². The van der Waals surface area contributed by atoms with Crippen LogP contribution in [0.2, 0.25) is 0 Å². The van der Waals surface area contributed by atoms with Gasteiger partial charge in [0.25, 0.3) is 0 Å². The number of aliphatic hydroxyl groups excluding tert-OH is 1. The summed E-state index contributed by atoms with van der Waals surface area (Å²) in [4.78, 5) is 14.1. The average molecular weight is 267 g/mol. The molecule has 5 nitrogen and oxygen atoms in total. The predicted octanol–water partition coefficient (Wildman–Crippen LogP) is 1.66. The van der Waals surface area contributed by atoms with Gasteiger partial charge in [-0.25, -0.2) is 4.79 Å². The van der Waals surface area contributed by atoms with E-state index in [0.29, 0.717) is 0 Å². The van der Waals surface area contributed by atoms with Crippen LogP contribution >= 0.6 is 0 Å². The van der Waals surface area contributed by atoms with Crippen molar-refractivity contribution >= 4 is 6.09 Å². The molecule has 0 aromatic carbocycles. The number of amides is 1. The first kappa shape index (κ1) is 12.9. The number of fused-ring (bicyclic) bond motifs is 2. The largest absolute Gasteiger partial charge is 0.444 e. The quantitative estimate of drug-likeness (QED) is 0.579. The van der Waals surface area contributed by atoms with E-state index in [9.17, 15) is 9.90 Å². The first-order chi connectivity index (χ1) is 8.78. The van der Waals surface area contributed by atoms with Crippen molar-refractivity contribution in [3.8, 4) is 0 Å². The molecule has 106 valence electrons. The van der Waals surface area contributed by atoms with Gasteiger partial charge in [0.1, 0.15) is 11.7 Å². The Bertz CT molecular complexity index is 428. The minimum Gasteiger partial charge on any atom is -0.444 e. The van der Waals surface area contributed by atoms with E-state index in [1.54, 1.807) is 4.90 Å². The van der Waals surface area contributed by atoms with Gasteiger partial charge in [0, 0.05) is 12.0 Å². The lowest BCUT2D eigenvalue weighted by atomic mass is 9.92. The fourth-order valence-electron chi connectivity index (χ4n) is 3.36. The van der Waals surface area contributed by atoms with Crippen LogP contribution in [0, 0.1) is 5.92 Å². The van der Waals surface area contributed by atoms with Crippen molar-refractivity contribution in [3.05, 3.63) is 12.2 Å². The van der Waals surface area contributed by atoms with Crippen molar-refractivity contribution in [2.75, 3.05) is 0 Å². The van der Waals surface area contributed by atoms with Gasteiger partial charge in [0.2, 0.25) is 0 Å². The fourth-order valence-corrected chi connectivity index (χ4v) is 3.36. The van der Waals surface area contributed by atoms with Gasteiger partial charge in [0.15, 0.2) is 6.29 Å². The number of carbonyl (C=O) groups is 1. The Morgan fingerprint density at radius 3 is 2.68 bits per heavy atom. The smallest absolute Gasteiger partial charge is 0.410 e. The number of nitrogens with zero attached hydrogens (tertiary/aromatic N) is 1. The zero-order chi connectivity index (χ0) is 13.9. The van der Waals surface area contributed by atoms with Gasteiger partial charge in [-0.1, -0.05) is 12.2 Å². The van der Waals surface area contributed by atoms with E-state index < -0.39 is 11.9 Å². The third kappa shape index (κ3) is 2.15. The topological polar surface area (TPSA) is 62.3 Å². The second-order valence-corrected chi connectivity index (χ2v) is 6.73. The number of ether oxygens (including phenoxy) is 2. The second kappa shape index (κ2) is 3.96. The molecule has 1 aliphatic carbocycles. The molecule has 2 aliphatic heterocycles. The Morgan fingerprint density at radius 1 is 1.53 bits per heavy atom. The number of aliphatic hydroxyl groups is 1. The molecule has 2 saturated heterocycles. The van der Waals surface area contributed by atoms with Crippen molar-refractivity contribution < 1.29 is 19.4 Å². The summed E-state index contributed by atoms with van der Waals surface area (Å²) in [5, 5.41) is 9.50. The summed E-state index contributed by atoms with van der Waals surface area (Å²) in [5.41, 5.74) is 0.654. The third-order valence-electron chi connectivity index (χ3n) is 4.12. The maximum Gasteiger partial charge on any atom is 0.410 e. The highest BCUT2D eigenvalue weighted by atomic mass is 16.7. The highest BCUT2D eigenvalue weighted by molar-refractivity contribution is 5.70. The Balaban J connectivity index is 1.79. The van der Waals surface area contributed by atoms with E-state index in [4.69, 9.17) is 9.47 Å². The zero-order valence-electron chi connectivity index (χ0n) is 11.6. The molecule has 2 heterocycles. The lowest BCUT2D eigenvalue weighted by molar-refractivity contribution is 0.00764. The first-order valence-electron chi connectivity index (χ1n) is 6.80. The Hall–Kier alpha value is -1.07. The van der Waals surface area contributed by atoms with Crippen LogP contribution in [0.3, 0.4) is 0 Å². The summed E-state index contributed by atoms with van der Waals surface area (Å²) >= 11 is 0. The van der Waals surface area contributed by atoms with E-state index in [1.165, 1.54) is 0 Å². The molecule has 1 N–H and O–H groups in total. The second-order valence-electron chi connectivity index (χ2n) is 6.73. The number of hydrogen-bond donors (Lipinski definition) is 1. The van der Waals surface area contributed by atoms with Crippen LogP contribution in [0.1, 0.15) is 33.6 Å². The summed E-state index contributed by atoms with van der Waals surface area (Å²) in [6, 6.07) is 0.0323. The van der Waals surface area contributed by atoms with Crippen molar-refractivity contribution in [2.45, 2.75) is 63.7 Å². The molecule has 1 amide bonds. The standard InChI is InChI=1S/C14H21NO4/c1-7-5-8-6-9(7)10(11-12(16)18-11)15(8)13(17)19-14(2,3)4/h8-12,16H,1,5-6H2,2-4H3/t8-,9-,10+,11?,12+/m1/s1. The van der Waals surface area contributed by atoms with Crippen LogP contribution < -0.4 is 0 Å². The van der Waals surface area contributed by atoms with Crippen molar-refractivity contribution in [1.29, 1.82) is 0 Å². The molecule has 5 heteroatoms. The highest BCUT2D eigenvalue weighted by Gasteiger charge is 2.60. The summed E-state index contributed by atoms with van der Waals surface area (Å²) in [5.74, 6) is 0.236. The normalized spacial score (nSPS) is 40.7. The van der Waals surface area contributed by atoms with Gasteiger partial charge in [-0.05, 0) is 33.6 Å². The number of piperidine rings is 1. The van der Waals surface area contributed by atoms with Crippen LogP contribution in [0.5, 0.6) is 0 Å². The highest BCUT2D eigenvalue weighted by Crippen LogP contribution is 2.50. The van der Waals surface area contributed by atoms with Gasteiger partial charge < -0.3 is 14.6 Å². The monoisotopic (exact) mass is 267 g/mol. The molecule has 3 rings (SSSR count). The van der Waals surface area contributed by atoms with Crippen LogP contribution in [-0.4, -0.2) is 46.2 Å². The van der Waals surface area contributed by atoms with Gasteiger partial charge in [-0.3, -0.25) is 4.90 Å². The maximum atomic E-state index is 12.3. The molecule has 1 saturated carbocycles. The molecular formula is C14H21NO4. The number of hydrogen-bond acceptors (Lipinski definition) is 4. The molecular weight excluding hydrogens is 246 g/mol. The minimum absolute atomic E-state index is 0.115. The predicted molar refractivity (Wildman–Crippen MR) is 68.4 cm³/mol. The SMILES string of the molecule is C=C1C[C@@H]2C[C@H]1[C@@H](C1O[C@@H]1O)N2C(=O)OC(C)(C)C. The lowest BCUT2D eigenvalue weighted by Crippen LogP contribution is -2.50.